The van der Waals surface area contributed by atoms with Gasteiger partial charge in [0.05, 0.1) is 10.6 Å². The van der Waals surface area contributed by atoms with Gasteiger partial charge in [0.25, 0.3) is 10.0 Å². The van der Waals surface area contributed by atoms with Crippen molar-refractivity contribution in [2.45, 2.75) is 30.8 Å². The first-order valence-electron chi connectivity index (χ1n) is 15.5. The molecule has 5 rings (SSSR count). The molecule has 5 aromatic carbocycles. The smallest absolute Gasteiger partial charge is 0.264 e. The zero-order valence-corrected chi connectivity index (χ0v) is 29.3. The van der Waals surface area contributed by atoms with Crippen LogP contribution in [0.3, 0.4) is 0 Å². The molecule has 0 radical (unpaired) electrons. The maximum absolute atomic E-state index is 14.6. The van der Waals surface area contributed by atoms with E-state index in [1.165, 1.54) is 24.1 Å². The summed E-state index contributed by atoms with van der Waals surface area (Å²) in [5, 5.41) is 3.27. The summed E-state index contributed by atoms with van der Waals surface area (Å²) in [6.45, 7) is 1.08. The molecule has 0 aliphatic carbocycles. The third kappa shape index (κ3) is 8.80. The number of aryl methyl sites for hydroxylation is 1. The molecule has 0 aromatic heterocycles. The third-order valence-corrected chi connectivity index (χ3v) is 10.4. The standard InChI is InChI=1S/C38H35Cl2N3O5S/c1-27-16-22-32(23-17-27)49(46,47)43(29-18-20-31(21-19-29)48-30-12-7-4-8-13-30)26-37(44)42(25-33-34(39)14-9-15-35(33)40)36(38(45)41-2)24-28-10-5-3-6-11-28/h3-23,36H,24-26H2,1-2H3,(H,41,45)/t36-/m1/s1. The molecule has 0 aliphatic rings. The quantitative estimate of drug-likeness (QED) is 0.135. The number of sulfonamides is 1. The number of anilines is 1. The molecular weight excluding hydrogens is 681 g/mol. The van der Waals surface area contributed by atoms with Crippen LogP contribution in [0, 0.1) is 6.92 Å². The van der Waals surface area contributed by atoms with Gasteiger partial charge in [0, 0.05) is 35.6 Å². The van der Waals surface area contributed by atoms with E-state index in [4.69, 9.17) is 27.9 Å². The maximum atomic E-state index is 14.6. The summed E-state index contributed by atoms with van der Waals surface area (Å²) in [6.07, 6.45) is 0.157. The number of rotatable bonds is 13. The van der Waals surface area contributed by atoms with Crippen molar-refractivity contribution in [2.75, 3.05) is 17.9 Å². The van der Waals surface area contributed by atoms with Crippen molar-refractivity contribution < 1.29 is 22.7 Å². The number of nitrogens with one attached hydrogen (secondary N) is 1. The van der Waals surface area contributed by atoms with E-state index < -0.39 is 34.4 Å². The summed E-state index contributed by atoms with van der Waals surface area (Å²) in [5.41, 5.74) is 2.33. The number of benzene rings is 5. The Labute approximate surface area is 296 Å². The van der Waals surface area contributed by atoms with E-state index in [0.717, 1.165) is 15.4 Å². The average Bonchev–Trinajstić information content (AvgIpc) is 3.11. The van der Waals surface area contributed by atoms with Gasteiger partial charge in [0.15, 0.2) is 0 Å². The Morgan fingerprint density at radius 1 is 0.755 bits per heavy atom. The number of ether oxygens (including phenoxy) is 1. The van der Waals surface area contributed by atoms with Gasteiger partial charge in [0.2, 0.25) is 11.8 Å². The van der Waals surface area contributed by atoms with E-state index in [1.807, 2.05) is 55.5 Å². The molecule has 11 heteroatoms. The number of carbonyl (C=O) groups excluding carboxylic acids is 2. The lowest BCUT2D eigenvalue weighted by Gasteiger charge is -2.34. The van der Waals surface area contributed by atoms with Crippen LogP contribution in [0.25, 0.3) is 0 Å². The monoisotopic (exact) mass is 715 g/mol. The highest BCUT2D eigenvalue weighted by atomic mass is 35.5. The van der Waals surface area contributed by atoms with Crippen molar-refractivity contribution >= 4 is 50.7 Å². The number of likely N-dealkylation sites (N-methyl/N-ethyl adjacent to an activating group) is 1. The molecule has 0 aliphatic heterocycles. The van der Waals surface area contributed by atoms with Gasteiger partial charge < -0.3 is 15.0 Å². The van der Waals surface area contributed by atoms with Gasteiger partial charge in [-0.15, -0.1) is 0 Å². The molecule has 1 atom stereocenters. The molecule has 2 amide bonds. The molecule has 1 N–H and O–H groups in total. The van der Waals surface area contributed by atoms with Gasteiger partial charge in [-0.25, -0.2) is 8.42 Å². The number of hydrogen-bond acceptors (Lipinski definition) is 5. The largest absolute Gasteiger partial charge is 0.457 e. The molecule has 49 heavy (non-hydrogen) atoms. The number of halogens is 2. The van der Waals surface area contributed by atoms with Crippen LogP contribution in [0.4, 0.5) is 5.69 Å². The minimum atomic E-state index is -4.28. The molecule has 0 unspecified atom stereocenters. The lowest BCUT2D eigenvalue weighted by atomic mass is 10.0. The summed E-state index contributed by atoms with van der Waals surface area (Å²) >= 11 is 13.1. The zero-order chi connectivity index (χ0) is 35.0. The second-order valence-electron chi connectivity index (χ2n) is 11.3. The molecule has 0 fully saturated rings. The van der Waals surface area contributed by atoms with E-state index in [-0.39, 0.29) is 23.5 Å². The van der Waals surface area contributed by atoms with Gasteiger partial charge in [-0.2, -0.15) is 0 Å². The van der Waals surface area contributed by atoms with Gasteiger partial charge in [0.1, 0.15) is 24.1 Å². The molecule has 0 saturated heterocycles. The highest BCUT2D eigenvalue weighted by Gasteiger charge is 2.35. The van der Waals surface area contributed by atoms with Crippen molar-refractivity contribution in [3.05, 3.63) is 154 Å². The van der Waals surface area contributed by atoms with Crippen LogP contribution < -0.4 is 14.4 Å². The molecule has 5 aromatic rings. The first kappa shape index (κ1) is 35.5. The van der Waals surface area contributed by atoms with Crippen LogP contribution in [0.2, 0.25) is 10.0 Å². The van der Waals surface area contributed by atoms with Crippen LogP contribution in [0.1, 0.15) is 16.7 Å². The number of carbonyl (C=O) groups is 2. The van der Waals surface area contributed by atoms with E-state index in [2.05, 4.69) is 5.32 Å². The Morgan fingerprint density at radius 3 is 1.92 bits per heavy atom. The highest BCUT2D eigenvalue weighted by Crippen LogP contribution is 2.31. The second kappa shape index (κ2) is 16.0. The topological polar surface area (TPSA) is 96.0 Å². The summed E-state index contributed by atoms with van der Waals surface area (Å²) in [6, 6.07) is 35.2. The Morgan fingerprint density at radius 2 is 1.33 bits per heavy atom. The van der Waals surface area contributed by atoms with Gasteiger partial charge >= 0.3 is 0 Å². The number of amides is 2. The summed E-state index contributed by atoms with van der Waals surface area (Å²) in [7, 11) is -2.79. The van der Waals surface area contributed by atoms with Gasteiger partial charge in [-0.3, -0.25) is 13.9 Å². The van der Waals surface area contributed by atoms with Crippen molar-refractivity contribution in [3.63, 3.8) is 0 Å². The molecule has 252 valence electrons. The van der Waals surface area contributed by atoms with Gasteiger partial charge in [-0.1, -0.05) is 95.5 Å². The second-order valence-corrected chi connectivity index (χ2v) is 14.0. The molecule has 0 saturated carbocycles. The first-order chi connectivity index (χ1) is 23.6. The van der Waals surface area contributed by atoms with E-state index in [1.54, 1.807) is 66.7 Å². The van der Waals surface area contributed by atoms with E-state index in [9.17, 15) is 18.0 Å². The Bertz CT molecular complexity index is 1970. The van der Waals surface area contributed by atoms with Crippen molar-refractivity contribution in [1.29, 1.82) is 0 Å². The molecular formula is C38H35Cl2N3O5S. The molecule has 0 heterocycles. The van der Waals surface area contributed by atoms with E-state index >= 15 is 0 Å². The predicted molar refractivity (Wildman–Crippen MR) is 194 cm³/mol. The lowest BCUT2D eigenvalue weighted by Crippen LogP contribution is -2.53. The highest BCUT2D eigenvalue weighted by molar-refractivity contribution is 7.92. The SMILES string of the molecule is CNC(=O)[C@@H](Cc1ccccc1)N(Cc1c(Cl)cccc1Cl)C(=O)CN(c1ccc(Oc2ccccc2)cc1)S(=O)(=O)c1ccc(C)cc1. The van der Waals surface area contributed by atoms with Crippen LogP contribution >= 0.6 is 23.2 Å². The summed E-state index contributed by atoms with van der Waals surface area (Å²) in [5.74, 6) is 0.0186. The van der Waals surface area contributed by atoms with Crippen LogP contribution in [-0.2, 0) is 32.6 Å². The molecule has 0 spiro atoms. The van der Waals surface area contributed by atoms with Crippen molar-refractivity contribution in [1.82, 2.24) is 10.2 Å². The zero-order valence-electron chi connectivity index (χ0n) is 26.9. The first-order valence-corrected chi connectivity index (χ1v) is 17.7. The lowest BCUT2D eigenvalue weighted by molar-refractivity contribution is -0.139. The number of nitrogens with zero attached hydrogens (tertiary/aromatic N) is 2. The minimum absolute atomic E-state index is 0.00310. The number of hydrogen-bond donors (Lipinski definition) is 1. The van der Waals surface area contributed by atoms with Crippen LogP contribution in [0.5, 0.6) is 11.5 Å². The summed E-state index contributed by atoms with van der Waals surface area (Å²) < 4.78 is 35.6. The Hall–Kier alpha value is -4.83. The van der Waals surface area contributed by atoms with Crippen molar-refractivity contribution in [2.24, 2.45) is 0 Å². The third-order valence-electron chi connectivity index (χ3n) is 7.90. The summed E-state index contributed by atoms with van der Waals surface area (Å²) in [4.78, 5) is 29.4. The fourth-order valence-electron chi connectivity index (χ4n) is 5.25. The normalized spacial score (nSPS) is 11.8. The van der Waals surface area contributed by atoms with Crippen LogP contribution in [0.15, 0.2) is 132 Å². The minimum Gasteiger partial charge on any atom is -0.457 e. The van der Waals surface area contributed by atoms with Crippen molar-refractivity contribution in [3.8, 4) is 11.5 Å². The Balaban J connectivity index is 1.57. The van der Waals surface area contributed by atoms with E-state index in [0.29, 0.717) is 27.1 Å². The fourth-order valence-corrected chi connectivity index (χ4v) is 7.18. The molecule has 0 bridgehead atoms. The number of para-hydroxylation sites is 1. The predicted octanol–water partition coefficient (Wildman–Crippen LogP) is 7.68. The van der Waals surface area contributed by atoms with Crippen LogP contribution in [-0.4, -0.2) is 44.8 Å². The fraction of sp³-hybridized carbons (Fsp3) is 0.158. The maximum Gasteiger partial charge on any atom is 0.264 e. The Kier molecular flexibility index (Phi) is 11.6. The van der Waals surface area contributed by atoms with Gasteiger partial charge in [-0.05, 0) is 73.2 Å². The average molecular weight is 717 g/mol. The molecule has 8 nitrogen and oxygen atoms in total.